The molecule has 2 amide bonds. The molecule has 2 rings (SSSR count). The molecule has 4 nitrogen and oxygen atoms in total. The van der Waals surface area contributed by atoms with Gasteiger partial charge in [0.25, 0.3) is 0 Å². The molecule has 0 aromatic rings. The van der Waals surface area contributed by atoms with Gasteiger partial charge in [0.05, 0.1) is 0 Å². The zero-order valence-electron chi connectivity index (χ0n) is 12.5. The average molecular weight is 266 g/mol. The van der Waals surface area contributed by atoms with Gasteiger partial charge in [-0.3, -0.25) is 9.59 Å². The van der Waals surface area contributed by atoms with Crippen LogP contribution in [0.15, 0.2) is 0 Å². The second-order valence-electron chi connectivity index (χ2n) is 6.39. The van der Waals surface area contributed by atoms with Crippen LogP contribution in [0.1, 0.15) is 59.8 Å². The highest BCUT2D eigenvalue weighted by Crippen LogP contribution is 2.33. The molecule has 0 bridgehead atoms. The molecule has 4 heteroatoms. The Kier molecular flexibility index (Phi) is 3.88. The molecule has 1 saturated carbocycles. The number of rotatable bonds is 2. The van der Waals surface area contributed by atoms with Crippen LogP contribution in [-0.4, -0.2) is 34.3 Å². The Morgan fingerprint density at radius 3 is 2.47 bits per heavy atom. The summed E-state index contributed by atoms with van der Waals surface area (Å²) in [4.78, 5) is 26.8. The zero-order chi connectivity index (χ0) is 14.2. The summed E-state index contributed by atoms with van der Waals surface area (Å²) in [5.41, 5.74) is -0.721. The molecule has 1 heterocycles. The lowest BCUT2D eigenvalue weighted by molar-refractivity contribution is -0.158. The van der Waals surface area contributed by atoms with Crippen molar-refractivity contribution >= 4 is 11.8 Å². The maximum atomic E-state index is 12.8. The second-order valence-corrected chi connectivity index (χ2v) is 6.39. The molecule has 2 fully saturated rings. The number of carbonyl (C=O) groups excluding carboxylic acids is 2. The van der Waals surface area contributed by atoms with Gasteiger partial charge in [-0.15, -0.1) is 0 Å². The fraction of sp³-hybridized carbons (Fsp3) is 0.867. The minimum absolute atomic E-state index is 0.0123. The summed E-state index contributed by atoms with van der Waals surface area (Å²) in [5.74, 6) is 0.578. The van der Waals surface area contributed by atoms with Crippen LogP contribution in [0, 0.1) is 5.92 Å². The van der Waals surface area contributed by atoms with Crippen LogP contribution in [0.3, 0.4) is 0 Å². The number of piperazine rings is 1. The van der Waals surface area contributed by atoms with E-state index in [-0.39, 0.29) is 23.9 Å². The zero-order valence-corrected chi connectivity index (χ0v) is 12.5. The van der Waals surface area contributed by atoms with E-state index in [1.165, 1.54) is 6.42 Å². The number of hydrogen-bond donors (Lipinski definition) is 1. The molecule has 19 heavy (non-hydrogen) atoms. The number of hydrogen-bond acceptors (Lipinski definition) is 2. The predicted octanol–water partition coefficient (Wildman–Crippen LogP) is 2.08. The molecule has 1 N–H and O–H groups in total. The normalized spacial score (nSPS) is 40.2. The van der Waals surface area contributed by atoms with Gasteiger partial charge in [0.2, 0.25) is 11.8 Å². The van der Waals surface area contributed by atoms with Gasteiger partial charge in [-0.1, -0.05) is 26.7 Å². The van der Waals surface area contributed by atoms with E-state index in [9.17, 15) is 9.59 Å². The number of amides is 2. The van der Waals surface area contributed by atoms with Crippen molar-refractivity contribution in [2.75, 3.05) is 0 Å². The summed E-state index contributed by atoms with van der Waals surface area (Å²) in [6.45, 7) is 7.86. The maximum absolute atomic E-state index is 12.8. The molecular formula is C15H26N2O2. The van der Waals surface area contributed by atoms with Gasteiger partial charge in [0.1, 0.15) is 11.6 Å². The maximum Gasteiger partial charge on any atom is 0.248 e. The summed E-state index contributed by atoms with van der Waals surface area (Å²) in [7, 11) is 0. The Morgan fingerprint density at radius 2 is 1.89 bits per heavy atom. The third-order valence-electron chi connectivity index (χ3n) is 5.03. The monoisotopic (exact) mass is 266 g/mol. The highest BCUT2D eigenvalue weighted by atomic mass is 16.2. The molecule has 0 aromatic carbocycles. The predicted molar refractivity (Wildman–Crippen MR) is 74.6 cm³/mol. The molecule has 1 aliphatic carbocycles. The van der Waals surface area contributed by atoms with Crippen molar-refractivity contribution in [1.82, 2.24) is 10.2 Å². The van der Waals surface area contributed by atoms with Crippen molar-refractivity contribution in [2.45, 2.75) is 77.4 Å². The van der Waals surface area contributed by atoms with Crippen LogP contribution >= 0.6 is 0 Å². The Labute approximate surface area is 115 Å². The van der Waals surface area contributed by atoms with Gasteiger partial charge in [0.15, 0.2) is 0 Å². The Balaban J connectivity index is 2.29. The van der Waals surface area contributed by atoms with E-state index in [2.05, 4.69) is 12.2 Å². The smallest absolute Gasteiger partial charge is 0.248 e. The number of nitrogens with one attached hydrogen (secondary N) is 1. The standard InChI is InChI=1S/C15H26N2O2/c1-5-15(4)14(19)17(11(3)13(18)16-15)12-9-7-6-8-10(12)2/h10-12H,5-9H2,1-4H3,(H,16,18). The third kappa shape index (κ3) is 2.37. The lowest BCUT2D eigenvalue weighted by atomic mass is 9.81. The van der Waals surface area contributed by atoms with E-state index in [1.807, 2.05) is 25.7 Å². The second kappa shape index (κ2) is 5.14. The highest BCUT2D eigenvalue weighted by molar-refractivity contribution is 5.99. The summed E-state index contributed by atoms with van der Waals surface area (Å²) >= 11 is 0. The molecule has 1 aliphatic heterocycles. The van der Waals surface area contributed by atoms with Crippen molar-refractivity contribution in [3.05, 3.63) is 0 Å². The summed E-state index contributed by atoms with van der Waals surface area (Å²) < 4.78 is 0. The fourth-order valence-electron chi connectivity index (χ4n) is 3.40. The molecule has 4 unspecified atom stereocenters. The van der Waals surface area contributed by atoms with Crippen LogP contribution in [0.5, 0.6) is 0 Å². The lowest BCUT2D eigenvalue weighted by Gasteiger charge is -2.49. The van der Waals surface area contributed by atoms with E-state index in [4.69, 9.17) is 0 Å². The van der Waals surface area contributed by atoms with Crippen molar-refractivity contribution in [1.29, 1.82) is 0 Å². The van der Waals surface area contributed by atoms with Crippen molar-refractivity contribution in [3.63, 3.8) is 0 Å². The molecule has 1 saturated heterocycles. The number of carbonyl (C=O) groups is 2. The van der Waals surface area contributed by atoms with Crippen molar-refractivity contribution in [2.24, 2.45) is 5.92 Å². The minimum Gasteiger partial charge on any atom is -0.340 e. The molecule has 108 valence electrons. The summed E-state index contributed by atoms with van der Waals surface area (Å²) in [5, 5.41) is 2.90. The minimum atomic E-state index is -0.721. The Bertz CT molecular complexity index is 382. The largest absolute Gasteiger partial charge is 0.340 e. The fourth-order valence-corrected chi connectivity index (χ4v) is 3.40. The van der Waals surface area contributed by atoms with Gasteiger partial charge < -0.3 is 10.2 Å². The summed E-state index contributed by atoms with van der Waals surface area (Å²) in [6.07, 6.45) is 5.24. The van der Waals surface area contributed by atoms with Gasteiger partial charge in [-0.05, 0) is 39.0 Å². The summed E-state index contributed by atoms with van der Waals surface area (Å²) in [6, 6.07) is -0.106. The van der Waals surface area contributed by atoms with Crippen LogP contribution in [-0.2, 0) is 9.59 Å². The van der Waals surface area contributed by atoms with E-state index >= 15 is 0 Å². The van der Waals surface area contributed by atoms with Crippen LogP contribution in [0.2, 0.25) is 0 Å². The van der Waals surface area contributed by atoms with E-state index < -0.39 is 5.54 Å². The quantitative estimate of drug-likeness (QED) is 0.832. The molecule has 2 aliphatic rings. The molecule has 0 aromatic heterocycles. The van der Waals surface area contributed by atoms with E-state index in [1.54, 1.807) is 0 Å². The molecule has 4 atom stereocenters. The van der Waals surface area contributed by atoms with Gasteiger partial charge in [-0.2, -0.15) is 0 Å². The molecular weight excluding hydrogens is 240 g/mol. The van der Waals surface area contributed by atoms with Gasteiger partial charge in [-0.25, -0.2) is 0 Å². The molecule has 0 spiro atoms. The first kappa shape index (κ1) is 14.4. The van der Waals surface area contributed by atoms with Crippen LogP contribution in [0.4, 0.5) is 0 Å². The molecule has 0 radical (unpaired) electrons. The SMILES string of the molecule is CCC1(C)NC(=O)C(C)N(C2CCCCC2C)C1=O. The van der Waals surface area contributed by atoms with Crippen LogP contribution in [0.25, 0.3) is 0 Å². The first-order valence-corrected chi connectivity index (χ1v) is 7.55. The van der Waals surface area contributed by atoms with Crippen LogP contribution < -0.4 is 5.32 Å². The highest BCUT2D eigenvalue weighted by Gasteiger charge is 2.48. The van der Waals surface area contributed by atoms with E-state index in [0.717, 1.165) is 19.3 Å². The lowest BCUT2D eigenvalue weighted by Crippen LogP contribution is -2.71. The Hall–Kier alpha value is -1.06. The van der Waals surface area contributed by atoms with Gasteiger partial charge in [0, 0.05) is 6.04 Å². The third-order valence-corrected chi connectivity index (χ3v) is 5.03. The first-order valence-electron chi connectivity index (χ1n) is 7.55. The average Bonchev–Trinajstić information content (AvgIpc) is 2.39. The van der Waals surface area contributed by atoms with E-state index in [0.29, 0.717) is 12.3 Å². The number of nitrogens with zero attached hydrogens (tertiary/aromatic N) is 1. The Morgan fingerprint density at radius 1 is 1.26 bits per heavy atom. The first-order chi connectivity index (χ1) is 8.90. The van der Waals surface area contributed by atoms with Crippen molar-refractivity contribution in [3.8, 4) is 0 Å². The van der Waals surface area contributed by atoms with Gasteiger partial charge >= 0.3 is 0 Å². The topological polar surface area (TPSA) is 49.4 Å². The van der Waals surface area contributed by atoms with Crippen molar-refractivity contribution < 1.29 is 9.59 Å².